The monoisotopic (exact) mass is 288 g/mol. The van der Waals surface area contributed by atoms with E-state index in [9.17, 15) is 9.18 Å². The van der Waals surface area contributed by atoms with Crippen LogP contribution in [0, 0.1) is 5.82 Å². The van der Waals surface area contributed by atoms with Crippen LogP contribution in [-0.4, -0.2) is 11.1 Å². The van der Waals surface area contributed by atoms with Gasteiger partial charge in [0, 0.05) is 9.79 Å². The van der Waals surface area contributed by atoms with Crippen molar-refractivity contribution in [2.75, 3.05) is 0 Å². The SMILES string of the molecule is O=C(O)c1ccc(Sc2ccc3c(c2)CCC3)c(F)c1. The number of fused-ring (bicyclic) bond motifs is 1. The molecule has 0 amide bonds. The van der Waals surface area contributed by atoms with Gasteiger partial charge in [0.1, 0.15) is 5.82 Å². The quantitative estimate of drug-likeness (QED) is 0.921. The second-order valence-electron chi connectivity index (χ2n) is 4.84. The van der Waals surface area contributed by atoms with Gasteiger partial charge in [0.25, 0.3) is 0 Å². The van der Waals surface area contributed by atoms with Gasteiger partial charge in [-0.25, -0.2) is 9.18 Å². The minimum Gasteiger partial charge on any atom is -0.478 e. The number of carboxylic acids is 1. The highest BCUT2D eigenvalue weighted by Crippen LogP contribution is 2.33. The zero-order valence-corrected chi connectivity index (χ0v) is 11.5. The maximum absolute atomic E-state index is 13.9. The minimum atomic E-state index is -1.11. The van der Waals surface area contributed by atoms with E-state index in [0.717, 1.165) is 23.8 Å². The van der Waals surface area contributed by atoms with Gasteiger partial charge in [0.05, 0.1) is 5.56 Å². The molecular formula is C16H13FO2S. The van der Waals surface area contributed by atoms with Crippen LogP contribution in [0.3, 0.4) is 0 Å². The number of carbonyl (C=O) groups is 1. The van der Waals surface area contributed by atoms with Crippen LogP contribution < -0.4 is 0 Å². The van der Waals surface area contributed by atoms with Crippen molar-refractivity contribution < 1.29 is 14.3 Å². The summed E-state index contributed by atoms with van der Waals surface area (Å²) in [6, 6.07) is 10.2. The maximum Gasteiger partial charge on any atom is 0.335 e. The highest BCUT2D eigenvalue weighted by Gasteiger charge is 2.13. The van der Waals surface area contributed by atoms with Gasteiger partial charge in [0.15, 0.2) is 0 Å². The Labute approximate surface area is 120 Å². The highest BCUT2D eigenvalue weighted by molar-refractivity contribution is 7.99. The molecule has 4 heteroatoms. The Kier molecular flexibility index (Phi) is 3.49. The molecule has 0 fully saturated rings. The van der Waals surface area contributed by atoms with Crippen molar-refractivity contribution in [3.63, 3.8) is 0 Å². The van der Waals surface area contributed by atoms with Gasteiger partial charge in [-0.3, -0.25) is 0 Å². The Morgan fingerprint density at radius 2 is 1.90 bits per heavy atom. The Morgan fingerprint density at radius 3 is 2.65 bits per heavy atom. The first-order valence-electron chi connectivity index (χ1n) is 6.46. The summed E-state index contributed by atoms with van der Waals surface area (Å²) >= 11 is 1.33. The predicted molar refractivity (Wildman–Crippen MR) is 75.9 cm³/mol. The van der Waals surface area contributed by atoms with Gasteiger partial charge >= 0.3 is 5.97 Å². The molecule has 0 saturated heterocycles. The normalized spacial score (nSPS) is 13.2. The predicted octanol–water partition coefficient (Wildman–Crippen LogP) is 4.16. The average molecular weight is 288 g/mol. The lowest BCUT2D eigenvalue weighted by molar-refractivity contribution is 0.0696. The number of hydrogen-bond acceptors (Lipinski definition) is 2. The molecule has 20 heavy (non-hydrogen) atoms. The van der Waals surface area contributed by atoms with Gasteiger partial charge in [-0.15, -0.1) is 0 Å². The van der Waals surface area contributed by atoms with Crippen molar-refractivity contribution in [1.29, 1.82) is 0 Å². The van der Waals surface area contributed by atoms with Gasteiger partial charge < -0.3 is 5.11 Å². The van der Waals surface area contributed by atoms with Crippen LogP contribution >= 0.6 is 11.8 Å². The van der Waals surface area contributed by atoms with E-state index in [4.69, 9.17) is 5.11 Å². The minimum absolute atomic E-state index is 0.0270. The van der Waals surface area contributed by atoms with E-state index in [2.05, 4.69) is 12.1 Å². The van der Waals surface area contributed by atoms with E-state index in [1.807, 2.05) is 6.07 Å². The fourth-order valence-electron chi connectivity index (χ4n) is 2.46. The van der Waals surface area contributed by atoms with Crippen LogP contribution in [0.5, 0.6) is 0 Å². The number of halogens is 1. The molecule has 102 valence electrons. The van der Waals surface area contributed by atoms with E-state index >= 15 is 0 Å². The number of carboxylic acid groups (broad SMARTS) is 1. The summed E-state index contributed by atoms with van der Waals surface area (Å²) in [5.41, 5.74) is 2.70. The fraction of sp³-hybridized carbons (Fsp3) is 0.188. The first kappa shape index (κ1) is 13.2. The Bertz CT molecular complexity index is 682. The summed E-state index contributed by atoms with van der Waals surface area (Å²) < 4.78 is 13.9. The molecule has 0 bridgehead atoms. The third kappa shape index (κ3) is 2.56. The summed E-state index contributed by atoms with van der Waals surface area (Å²) in [6.45, 7) is 0. The van der Waals surface area contributed by atoms with Crippen molar-refractivity contribution in [1.82, 2.24) is 0 Å². The largest absolute Gasteiger partial charge is 0.478 e. The molecule has 1 aliphatic rings. The van der Waals surface area contributed by atoms with Gasteiger partial charge in [0.2, 0.25) is 0 Å². The smallest absolute Gasteiger partial charge is 0.335 e. The number of rotatable bonds is 3. The van der Waals surface area contributed by atoms with Gasteiger partial charge in [-0.1, -0.05) is 17.8 Å². The molecule has 1 aliphatic carbocycles. The first-order valence-corrected chi connectivity index (χ1v) is 7.27. The molecule has 0 atom stereocenters. The fourth-order valence-corrected chi connectivity index (χ4v) is 3.34. The lowest BCUT2D eigenvalue weighted by Crippen LogP contribution is -1.97. The van der Waals surface area contributed by atoms with E-state index in [1.165, 1.54) is 41.4 Å². The highest BCUT2D eigenvalue weighted by atomic mass is 32.2. The van der Waals surface area contributed by atoms with E-state index in [0.29, 0.717) is 4.90 Å². The van der Waals surface area contributed by atoms with Crippen LogP contribution in [0.25, 0.3) is 0 Å². The molecule has 0 spiro atoms. The second-order valence-corrected chi connectivity index (χ2v) is 5.95. The number of aromatic carboxylic acids is 1. The third-order valence-corrected chi connectivity index (χ3v) is 4.52. The number of hydrogen-bond donors (Lipinski definition) is 1. The molecule has 1 N–H and O–H groups in total. The summed E-state index contributed by atoms with van der Waals surface area (Å²) in [7, 11) is 0. The first-order chi connectivity index (χ1) is 9.63. The van der Waals surface area contributed by atoms with Gasteiger partial charge in [-0.2, -0.15) is 0 Å². The molecule has 2 nitrogen and oxygen atoms in total. The van der Waals surface area contributed by atoms with Crippen LogP contribution in [0.4, 0.5) is 4.39 Å². The molecular weight excluding hydrogens is 275 g/mol. The zero-order valence-electron chi connectivity index (χ0n) is 10.7. The Morgan fingerprint density at radius 1 is 1.10 bits per heavy atom. The average Bonchev–Trinajstić information content (AvgIpc) is 2.88. The van der Waals surface area contributed by atoms with Crippen molar-refractivity contribution in [2.45, 2.75) is 29.1 Å². The summed E-state index contributed by atoms with van der Waals surface area (Å²) in [5.74, 6) is -1.60. The second kappa shape index (κ2) is 5.29. The van der Waals surface area contributed by atoms with Crippen LogP contribution in [0.15, 0.2) is 46.2 Å². The molecule has 0 unspecified atom stereocenters. The third-order valence-electron chi connectivity index (χ3n) is 3.48. The van der Waals surface area contributed by atoms with E-state index in [1.54, 1.807) is 0 Å². The Hall–Kier alpha value is -1.81. The van der Waals surface area contributed by atoms with E-state index < -0.39 is 11.8 Å². The van der Waals surface area contributed by atoms with Crippen molar-refractivity contribution in [3.05, 3.63) is 58.9 Å². The molecule has 2 aromatic carbocycles. The Balaban J connectivity index is 1.86. The summed E-state index contributed by atoms with van der Waals surface area (Å²) in [4.78, 5) is 12.2. The lowest BCUT2D eigenvalue weighted by atomic mass is 10.1. The zero-order chi connectivity index (χ0) is 14.1. The van der Waals surface area contributed by atoms with Crippen LogP contribution in [0.1, 0.15) is 27.9 Å². The van der Waals surface area contributed by atoms with Crippen molar-refractivity contribution >= 4 is 17.7 Å². The summed E-state index contributed by atoms with van der Waals surface area (Å²) in [5, 5.41) is 8.82. The molecule has 0 aliphatic heterocycles. The molecule has 0 saturated carbocycles. The van der Waals surface area contributed by atoms with Crippen LogP contribution in [0.2, 0.25) is 0 Å². The lowest BCUT2D eigenvalue weighted by Gasteiger charge is -2.06. The maximum atomic E-state index is 13.9. The van der Waals surface area contributed by atoms with Gasteiger partial charge in [-0.05, 0) is 60.7 Å². The molecule has 0 aromatic heterocycles. The standard InChI is InChI=1S/C16H13FO2S/c17-14-9-12(16(18)19)5-7-15(14)20-13-6-4-10-2-1-3-11(10)8-13/h4-9H,1-3H2,(H,18,19). The van der Waals surface area contributed by atoms with Crippen molar-refractivity contribution in [3.8, 4) is 0 Å². The molecule has 0 heterocycles. The molecule has 3 rings (SSSR count). The topological polar surface area (TPSA) is 37.3 Å². The summed E-state index contributed by atoms with van der Waals surface area (Å²) in [6.07, 6.45) is 3.40. The van der Waals surface area contributed by atoms with E-state index in [-0.39, 0.29) is 5.56 Å². The number of aryl methyl sites for hydroxylation is 2. The van der Waals surface area contributed by atoms with Crippen molar-refractivity contribution in [2.24, 2.45) is 0 Å². The molecule has 2 aromatic rings. The number of benzene rings is 2. The van der Waals surface area contributed by atoms with Crippen LogP contribution in [-0.2, 0) is 12.8 Å². The molecule has 0 radical (unpaired) electrons.